The third kappa shape index (κ3) is 4.16. The average molecular weight is 390 g/mol. The number of aromatic nitrogens is 3. The van der Waals surface area contributed by atoms with Crippen LogP contribution in [0, 0.1) is 11.7 Å². The number of carbonyl (C=O) groups excluding carboxylic acids is 1. The first kappa shape index (κ1) is 19.4. The molecule has 0 radical (unpaired) electrons. The van der Waals surface area contributed by atoms with Gasteiger partial charge in [0.25, 0.3) is 0 Å². The van der Waals surface area contributed by atoms with Crippen molar-refractivity contribution < 1.29 is 13.9 Å². The maximum atomic E-state index is 13.4. The Morgan fingerprint density at radius 3 is 2.70 bits per heavy atom. The first-order chi connectivity index (χ1) is 12.9. The Balaban J connectivity index is 2.05. The molecule has 1 aromatic carbocycles. The zero-order valence-electron chi connectivity index (χ0n) is 15.8. The summed E-state index contributed by atoms with van der Waals surface area (Å²) in [7, 11) is 0. The number of nitrogens with one attached hydrogen (secondary N) is 1. The van der Waals surface area contributed by atoms with Crippen molar-refractivity contribution in [3.8, 4) is 0 Å². The van der Waals surface area contributed by atoms with E-state index in [4.69, 9.17) is 4.74 Å². The van der Waals surface area contributed by atoms with Gasteiger partial charge in [0, 0.05) is 11.4 Å². The molecule has 144 valence electrons. The van der Waals surface area contributed by atoms with Crippen molar-refractivity contribution in [2.45, 2.75) is 38.9 Å². The number of nitrogens with zero attached hydrogens (tertiary/aromatic N) is 3. The molecule has 0 saturated carbocycles. The molecule has 1 atom stereocenters. The minimum absolute atomic E-state index is 0.269. The summed E-state index contributed by atoms with van der Waals surface area (Å²) in [5.41, 5.74) is 1.84. The smallest absolute Gasteiger partial charge is 0.338 e. The van der Waals surface area contributed by atoms with Gasteiger partial charge in [0.05, 0.1) is 12.2 Å². The number of carbonyl (C=O) groups is 1. The fourth-order valence-corrected chi connectivity index (χ4v) is 3.64. The molecule has 8 heteroatoms. The van der Waals surface area contributed by atoms with Crippen molar-refractivity contribution in [2.75, 3.05) is 17.7 Å². The highest BCUT2D eigenvalue weighted by Gasteiger charge is 2.35. The molecule has 27 heavy (non-hydrogen) atoms. The summed E-state index contributed by atoms with van der Waals surface area (Å²) in [6, 6.07) is 5.54. The van der Waals surface area contributed by atoms with Crippen LogP contribution in [0.4, 0.5) is 10.3 Å². The molecule has 0 aliphatic carbocycles. The quantitative estimate of drug-likeness (QED) is 0.594. The van der Waals surface area contributed by atoms with Gasteiger partial charge in [-0.05, 0) is 37.5 Å². The van der Waals surface area contributed by atoms with E-state index in [0.29, 0.717) is 28.3 Å². The Morgan fingerprint density at radius 2 is 2.07 bits per heavy atom. The van der Waals surface area contributed by atoms with Crippen LogP contribution in [0.15, 0.2) is 40.7 Å². The fourth-order valence-electron chi connectivity index (χ4n) is 2.86. The number of anilines is 1. The van der Waals surface area contributed by atoms with Crippen LogP contribution in [0.5, 0.6) is 0 Å². The van der Waals surface area contributed by atoms with E-state index in [-0.39, 0.29) is 12.4 Å². The number of benzene rings is 1. The molecule has 0 unspecified atom stereocenters. The second-order valence-corrected chi connectivity index (χ2v) is 7.69. The summed E-state index contributed by atoms with van der Waals surface area (Å²) < 4.78 is 20.4. The average Bonchev–Trinajstić information content (AvgIpc) is 3.02. The molecule has 1 aliphatic heterocycles. The Morgan fingerprint density at radius 1 is 1.37 bits per heavy atom. The summed E-state index contributed by atoms with van der Waals surface area (Å²) in [6.45, 7) is 8.10. The maximum Gasteiger partial charge on any atom is 0.338 e. The molecule has 0 amide bonds. The molecule has 6 nitrogen and oxygen atoms in total. The zero-order chi connectivity index (χ0) is 19.6. The highest BCUT2D eigenvalue weighted by atomic mass is 32.2. The van der Waals surface area contributed by atoms with Crippen molar-refractivity contribution in [1.82, 2.24) is 14.8 Å². The van der Waals surface area contributed by atoms with Gasteiger partial charge in [-0.3, -0.25) is 0 Å². The van der Waals surface area contributed by atoms with Gasteiger partial charge >= 0.3 is 5.97 Å². The van der Waals surface area contributed by atoms with Crippen LogP contribution < -0.4 is 5.32 Å². The lowest BCUT2D eigenvalue weighted by Gasteiger charge is -2.28. The summed E-state index contributed by atoms with van der Waals surface area (Å²) in [5, 5.41) is 8.39. The van der Waals surface area contributed by atoms with E-state index in [2.05, 4.69) is 29.2 Å². The van der Waals surface area contributed by atoms with E-state index in [1.54, 1.807) is 35.5 Å². The van der Waals surface area contributed by atoms with Gasteiger partial charge in [-0.1, -0.05) is 37.7 Å². The fraction of sp³-hybridized carbons (Fsp3) is 0.421. The Bertz CT molecular complexity index is 861. The Labute approximate surface area is 162 Å². The Hall–Kier alpha value is -2.35. The van der Waals surface area contributed by atoms with Gasteiger partial charge in [-0.2, -0.15) is 4.98 Å². The van der Waals surface area contributed by atoms with Gasteiger partial charge in [0.2, 0.25) is 11.1 Å². The van der Waals surface area contributed by atoms with Crippen LogP contribution in [-0.2, 0) is 9.53 Å². The highest BCUT2D eigenvalue weighted by Crippen LogP contribution is 2.36. The van der Waals surface area contributed by atoms with Crippen molar-refractivity contribution in [3.63, 3.8) is 0 Å². The number of hydrogen-bond donors (Lipinski definition) is 1. The Kier molecular flexibility index (Phi) is 5.84. The number of rotatable bonds is 6. The minimum atomic E-state index is -0.526. The van der Waals surface area contributed by atoms with E-state index in [0.717, 1.165) is 11.3 Å². The topological polar surface area (TPSA) is 69.0 Å². The third-order valence-electron chi connectivity index (χ3n) is 4.06. The van der Waals surface area contributed by atoms with E-state index >= 15 is 0 Å². The van der Waals surface area contributed by atoms with E-state index in [9.17, 15) is 9.18 Å². The number of halogens is 1. The summed E-state index contributed by atoms with van der Waals surface area (Å²) in [5.74, 6) is 1.20. The first-order valence-electron chi connectivity index (χ1n) is 8.90. The van der Waals surface area contributed by atoms with Crippen molar-refractivity contribution in [3.05, 3.63) is 46.9 Å². The molecule has 1 N–H and O–H groups in total. The summed E-state index contributed by atoms with van der Waals surface area (Å²) >= 11 is 1.57. The number of esters is 1. The number of thioether (sulfide) groups is 1. The maximum absolute atomic E-state index is 13.4. The number of fused-ring (bicyclic) bond motifs is 1. The van der Waals surface area contributed by atoms with Gasteiger partial charge in [0.1, 0.15) is 11.9 Å². The second-order valence-electron chi connectivity index (χ2n) is 6.71. The molecule has 0 saturated heterocycles. The van der Waals surface area contributed by atoms with Crippen LogP contribution in [0.2, 0.25) is 0 Å². The highest BCUT2D eigenvalue weighted by molar-refractivity contribution is 7.99. The van der Waals surface area contributed by atoms with Crippen LogP contribution in [-0.4, -0.2) is 33.1 Å². The van der Waals surface area contributed by atoms with Gasteiger partial charge < -0.3 is 10.1 Å². The van der Waals surface area contributed by atoms with Crippen LogP contribution in [0.3, 0.4) is 0 Å². The summed E-state index contributed by atoms with van der Waals surface area (Å²) in [4.78, 5) is 17.2. The lowest BCUT2D eigenvalue weighted by Crippen LogP contribution is -2.29. The lowest BCUT2D eigenvalue weighted by atomic mass is 9.96. The van der Waals surface area contributed by atoms with E-state index < -0.39 is 12.0 Å². The van der Waals surface area contributed by atoms with E-state index in [1.165, 1.54) is 12.1 Å². The first-order valence-corrected chi connectivity index (χ1v) is 9.89. The predicted molar refractivity (Wildman–Crippen MR) is 103 cm³/mol. The summed E-state index contributed by atoms with van der Waals surface area (Å²) in [6.07, 6.45) is 0. The van der Waals surface area contributed by atoms with Crippen molar-refractivity contribution in [1.29, 1.82) is 0 Å². The molecule has 2 aromatic rings. The normalized spacial score (nSPS) is 16.3. The van der Waals surface area contributed by atoms with E-state index in [1.807, 2.05) is 6.92 Å². The molecule has 0 bridgehead atoms. The zero-order valence-corrected chi connectivity index (χ0v) is 16.6. The second kappa shape index (κ2) is 8.12. The van der Waals surface area contributed by atoms with Crippen LogP contribution >= 0.6 is 11.8 Å². The van der Waals surface area contributed by atoms with Crippen molar-refractivity contribution in [2.24, 2.45) is 5.92 Å². The van der Waals surface area contributed by atoms with Crippen LogP contribution in [0.25, 0.3) is 0 Å². The molecule has 1 aliphatic rings. The number of ether oxygens (including phenoxy) is 1. The lowest BCUT2D eigenvalue weighted by molar-refractivity contribution is -0.139. The largest absolute Gasteiger partial charge is 0.463 e. The molecule has 0 spiro atoms. The van der Waals surface area contributed by atoms with Crippen molar-refractivity contribution >= 4 is 23.7 Å². The number of hydrogen-bond acceptors (Lipinski definition) is 6. The van der Waals surface area contributed by atoms with Gasteiger partial charge in [-0.15, -0.1) is 5.10 Å². The molecule has 3 rings (SSSR count). The molecule has 0 fully saturated rings. The number of allylic oxidation sites excluding steroid dienone is 1. The van der Waals surface area contributed by atoms with Gasteiger partial charge in [-0.25, -0.2) is 13.9 Å². The molecule has 2 heterocycles. The minimum Gasteiger partial charge on any atom is -0.463 e. The predicted octanol–water partition coefficient (Wildman–Crippen LogP) is 4.02. The third-order valence-corrected chi connectivity index (χ3v) is 5.32. The SMILES string of the molecule is CCOC(=O)C1=C(C)Nc2nc(SCC(C)C)nn2[C@H]1c1ccc(F)cc1. The standard InChI is InChI=1S/C19H23FN4O2S/c1-5-26-17(25)15-12(4)21-18-22-19(27-10-11(2)3)23-24(18)16(15)13-6-8-14(20)9-7-13/h6-9,11,16H,5,10H2,1-4H3,(H,21,22,23)/t16-/m0/s1. The monoisotopic (exact) mass is 390 g/mol. The molecule has 1 aromatic heterocycles. The van der Waals surface area contributed by atoms with Crippen LogP contribution in [0.1, 0.15) is 39.3 Å². The van der Waals surface area contributed by atoms with Gasteiger partial charge in [0.15, 0.2) is 0 Å². The molecular weight excluding hydrogens is 367 g/mol. The molecular formula is C19H23FN4O2S.